The molecule has 2 unspecified atom stereocenters. The van der Waals surface area contributed by atoms with E-state index in [9.17, 15) is 4.79 Å². The minimum atomic E-state index is -0.0117. The van der Waals surface area contributed by atoms with Gasteiger partial charge in [-0.1, -0.05) is 18.8 Å². The van der Waals surface area contributed by atoms with Crippen LogP contribution >= 0.6 is 11.3 Å². The molecule has 2 N–H and O–H groups in total. The van der Waals surface area contributed by atoms with Gasteiger partial charge in [0.15, 0.2) is 0 Å². The summed E-state index contributed by atoms with van der Waals surface area (Å²) in [5, 5.41) is 13.7. The second-order valence-electron chi connectivity index (χ2n) is 5.03. The summed E-state index contributed by atoms with van der Waals surface area (Å²) in [6.45, 7) is 2.28. The Kier molecular flexibility index (Phi) is 5.00. The van der Waals surface area contributed by atoms with Crippen LogP contribution in [0.5, 0.6) is 0 Å². The first-order chi connectivity index (χ1) is 9.20. The highest BCUT2D eigenvalue weighted by atomic mass is 32.1. The molecule has 1 amide bonds. The van der Waals surface area contributed by atoms with Gasteiger partial charge < -0.3 is 10.4 Å². The summed E-state index contributed by atoms with van der Waals surface area (Å²) in [7, 11) is 0. The number of nitrogens with one attached hydrogen (secondary N) is 1. The lowest BCUT2D eigenvalue weighted by Gasteiger charge is -2.11. The molecule has 2 atom stereocenters. The van der Waals surface area contributed by atoms with Crippen molar-refractivity contribution in [3.05, 3.63) is 21.9 Å². The highest BCUT2D eigenvalue weighted by Crippen LogP contribution is 2.25. The summed E-state index contributed by atoms with van der Waals surface area (Å²) >= 11 is 1.42. The number of thiophene rings is 1. The van der Waals surface area contributed by atoms with Gasteiger partial charge in [0.1, 0.15) is 4.88 Å². The van der Waals surface area contributed by atoms with Crippen LogP contribution < -0.4 is 5.32 Å². The van der Waals surface area contributed by atoms with Gasteiger partial charge in [0, 0.05) is 18.0 Å². The maximum atomic E-state index is 12.2. The topological polar surface area (TPSA) is 49.3 Å². The fourth-order valence-electron chi connectivity index (χ4n) is 2.39. The number of aliphatic hydroxyl groups is 1. The van der Waals surface area contributed by atoms with Crippen molar-refractivity contribution in [3.63, 3.8) is 0 Å². The van der Waals surface area contributed by atoms with Gasteiger partial charge in [-0.15, -0.1) is 11.3 Å². The summed E-state index contributed by atoms with van der Waals surface area (Å²) < 4.78 is 0. The van der Waals surface area contributed by atoms with E-state index in [1.165, 1.54) is 17.8 Å². The second-order valence-corrected chi connectivity index (χ2v) is 5.94. The molecule has 4 heteroatoms. The fraction of sp³-hybridized carbons (Fsp3) is 0.533. The molecule has 0 saturated heterocycles. The molecule has 1 aromatic heterocycles. The van der Waals surface area contributed by atoms with Gasteiger partial charge in [0.05, 0.1) is 6.61 Å². The largest absolute Gasteiger partial charge is 0.395 e. The Morgan fingerprint density at radius 1 is 1.58 bits per heavy atom. The van der Waals surface area contributed by atoms with Crippen LogP contribution in [-0.4, -0.2) is 23.7 Å². The van der Waals surface area contributed by atoms with Crippen LogP contribution in [0.25, 0.3) is 0 Å². The molecule has 0 spiro atoms. The van der Waals surface area contributed by atoms with E-state index in [2.05, 4.69) is 24.1 Å². The van der Waals surface area contributed by atoms with Gasteiger partial charge in [0.25, 0.3) is 5.91 Å². The molecule has 0 aliphatic heterocycles. The minimum absolute atomic E-state index is 0.0117. The second kappa shape index (κ2) is 6.74. The predicted octanol–water partition coefficient (Wildman–Crippen LogP) is 2.40. The zero-order chi connectivity index (χ0) is 13.7. The molecule has 0 radical (unpaired) electrons. The first-order valence-electron chi connectivity index (χ1n) is 6.68. The summed E-state index contributed by atoms with van der Waals surface area (Å²) in [4.78, 5) is 12.9. The van der Waals surface area contributed by atoms with Crippen molar-refractivity contribution < 1.29 is 9.90 Å². The van der Waals surface area contributed by atoms with E-state index < -0.39 is 0 Å². The van der Waals surface area contributed by atoms with Crippen molar-refractivity contribution in [1.82, 2.24) is 5.32 Å². The molecule has 3 nitrogen and oxygen atoms in total. The zero-order valence-electron chi connectivity index (χ0n) is 11.1. The van der Waals surface area contributed by atoms with Gasteiger partial charge in [-0.2, -0.15) is 0 Å². The van der Waals surface area contributed by atoms with Gasteiger partial charge >= 0.3 is 0 Å². The Bertz CT molecular complexity index is 498. The quantitative estimate of drug-likeness (QED) is 0.834. The molecule has 19 heavy (non-hydrogen) atoms. The van der Waals surface area contributed by atoms with Gasteiger partial charge in [-0.05, 0) is 36.6 Å². The van der Waals surface area contributed by atoms with E-state index in [4.69, 9.17) is 5.11 Å². The third-order valence-corrected chi connectivity index (χ3v) is 4.27. The number of rotatable bonds is 3. The van der Waals surface area contributed by atoms with Crippen LogP contribution in [0.2, 0.25) is 0 Å². The Labute approximate surface area is 118 Å². The highest BCUT2D eigenvalue weighted by Gasteiger charge is 2.24. The lowest BCUT2D eigenvalue weighted by molar-refractivity contribution is 0.0941. The van der Waals surface area contributed by atoms with Crippen molar-refractivity contribution in [3.8, 4) is 11.8 Å². The van der Waals surface area contributed by atoms with E-state index in [0.29, 0.717) is 23.3 Å². The maximum Gasteiger partial charge on any atom is 0.262 e. The van der Waals surface area contributed by atoms with Crippen LogP contribution in [-0.2, 0) is 0 Å². The first kappa shape index (κ1) is 14.1. The third kappa shape index (κ3) is 3.82. The Morgan fingerprint density at radius 2 is 2.42 bits per heavy atom. The molecule has 0 bridgehead atoms. The normalized spacial score (nSPS) is 21.8. The molecule has 1 heterocycles. The molecule has 0 aromatic carbocycles. The molecular formula is C15H19NO2S. The minimum Gasteiger partial charge on any atom is -0.395 e. The number of carbonyl (C=O) groups is 1. The molecule has 1 saturated carbocycles. The zero-order valence-corrected chi connectivity index (χ0v) is 11.9. The SMILES string of the molecule is CC1CCC(NC(=O)c2sccc2C#CCCO)C1. The summed E-state index contributed by atoms with van der Waals surface area (Å²) in [5.41, 5.74) is 0.766. The average Bonchev–Trinajstić information content (AvgIpc) is 2.99. The van der Waals surface area contributed by atoms with Crippen LogP contribution in [0.1, 0.15) is 47.8 Å². The molecule has 2 rings (SSSR count). The number of carbonyl (C=O) groups excluding carboxylic acids is 1. The van der Waals surface area contributed by atoms with E-state index in [1.807, 2.05) is 11.4 Å². The fourth-order valence-corrected chi connectivity index (χ4v) is 3.14. The van der Waals surface area contributed by atoms with E-state index in [-0.39, 0.29) is 12.5 Å². The van der Waals surface area contributed by atoms with Gasteiger partial charge in [0.2, 0.25) is 0 Å². The monoisotopic (exact) mass is 277 g/mol. The molecule has 1 aliphatic rings. The summed E-state index contributed by atoms with van der Waals surface area (Å²) in [6.07, 6.45) is 3.78. The van der Waals surface area contributed by atoms with E-state index >= 15 is 0 Å². The third-order valence-electron chi connectivity index (χ3n) is 3.36. The number of amides is 1. The standard InChI is InChI=1S/C15H19NO2S/c1-11-5-6-13(10-11)16-15(18)14-12(7-9-19-14)4-2-3-8-17/h7,9,11,13,17H,3,5-6,8,10H2,1H3,(H,16,18). The predicted molar refractivity (Wildman–Crippen MR) is 77.2 cm³/mol. The van der Waals surface area contributed by atoms with Crippen LogP contribution in [0.4, 0.5) is 0 Å². The molecule has 1 aliphatic carbocycles. The first-order valence-corrected chi connectivity index (χ1v) is 7.56. The van der Waals surface area contributed by atoms with E-state index in [0.717, 1.165) is 18.4 Å². The summed E-state index contributed by atoms with van der Waals surface area (Å²) in [5.74, 6) is 6.50. The van der Waals surface area contributed by atoms with Gasteiger partial charge in [-0.3, -0.25) is 4.79 Å². The molecule has 1 aromatic rings. The molecule has 1 fully saturated rings. The number of hydrogen-bond acceptors (Lipinski definition) is 3. The Balaban J connectivity index is 2.00. The van der Waals surface area contributed by atoms with Crippen molar-refractivity contribution in [2.45, 2.75) is 38.6 Å². The smallest absolute Gasteiger partial charge is 0.262 e. The van der Waals surface area contributed by atoms with Crippen LogP contribution in [0.3, 0.4) is 0 Å². The lowest BCUT2D eigenvalue weighted by atomic mass is 10.1. The van der Waals surface area contributed by atoms with E-state index in [1.54, 1.807) is 0 Å². The average molecular weight is 277 g/mol. The van der Waals surface area contributed by atoms with Crippen molar-refractivity contribution >= 4 is 17.2 Å². The number of hydrogen-bond donors (Lipinski definition) is 2. The Hall–Kier alpha value is -1.31. The Morgan fingerprint density at radius 3 is 3.11 bits per heavy atom. The molecule has 102 valence electrons. The summed E-state index contributed by atoms with van der Waals surface area (Å²) in [6, 6.07) is 2.17. The van der Waals surface area contributed by atoms with Crippen molar-refractivity contribution in [2.75, 3.05) is 6.61 Å². The maximum absolute atomic E-state index is 12.2. The number of aliphatic hydroxyl groups excluding tert-OH is 1. The van der Waals surface area contributed by atoms with Crippen LogP contribution in [0, 0.1) is 17.8 Å². The molecular weight excluding hydrogens is 258 g/mol. The van der Waals surface area contributed by atoms with Gasteiger partial charge in [-0.25, -0.2) is 0 Å². The van der Waals surface area contributed by atoms with Crippen LogP contribution in [0.15, 0.2) is 11.4 Å². The highest BCUT2D eigenvalue weighted by molar-refractivity contribution is 7.12. The lowest BCUT2D eigenvalue weighted by Crippen LogP contribution is -2.32. The van der Waals surface area contributed by atoms with Crippen molar-refractivity contribution in [1.29, 1.82) is 0 Å². The van der Waals surface area contributed by atoms with Crippen molar-refractivity contribution in [2.24, 2.45) is 5.92 Å².